The van der Waals surface area contributed by atoms with Crippen molar-refractivity contribution in [3.63, 3.8) is 0 Å². The van der Waals surface area contributed by atoms with E-state index in [0.29, 0.717) is 0 Å². The molecule has 0 fully saturated rings. The number of carbonyl (C=O) groups is 1. The summed E-state index contributed by atoms with van der Waals surface area (Å²) in [6.45, 7) is 1.83. The Kier molecular flexibility index (Phi) is 3.36. The van der Waals surface area contributed by atoms with Gasteiger partial charge in [-0.25, -0.2) is 18.6 Å². The molecule has 0 aliphatic carbocycles. The van der Waals surface area contributed by atoms with E-state index >= 15 is 0 Å². The monoisotopic (exact) mass is 253 g/mol. The van der Waals surface area contributed by atoms with Crippen LogP contribution in [-0.4, -0.2) is 17.6 Å². The Morgan fingerprint density at radius 3 is 2.94 bits per heavy atom. The molecule has 1 aromatic carbocycles. The summed E-state index contributed by atoms with van der Waals surface area (Å²) in [7, 11) is 0. The van der Waals surface area contributed by atoms with Gasteiger partial charge in [0.15, 0.2) is 5.69 Å². The zero-order valence-corrected chi connectivity index (χ0v) is 9.44. The summed E-state index contributed by atoms with van der Waals surface area (Å²) in [5.41, 5.74) is -0.235. The van der Waals surface area contributed by atoms with Crippen molar-refractivity contribution in [3.8, 4) is 11.5 Å². The van der Waals surface area contributed by atoms with Crippen molar-refractivity contribution in [2.24, 2.45) is 0 Å². The van der Waals surface area contributed by atoms with E-state index in [-0.39, 0.29) is 23.8 Å². The van der Waals surface area contributed by atoms with Gasteiger partial charge in [-0.1, -0.05) is 0 Å². The molecule has 4 nitrogen and oxygen atoms in total. The second kappa shape index (κ2) is 4.95. The molecule has 1 aromatic heterocycles. The predicted octanol–water partition coefficient (Wildman–Crippen LogP) is 2.80. The normalized spacial score (nSPS) is 10.4. The van der Waals surface area contributed by atoms with E-state index in [2.05, 4.69) is 4.98 Å². The predicted molar refractivity (Wildman–Crippen MR) is 57.8 cm³/mol. The smallest absolute Gasteiger partial charge is 0.360 e. The Hall–Kier alpha value is -2.24. The fourth-order valence-electron chi connectivity index (χ4n) is 1.36. The van der Waals surface area contributed by atoms with Crippen LogP contribution in [0.2, 0.25) is 0 Å². The number of nitrogens with zero attached hydrogens (tertiary/aromatic N) is 1. The van der Waals surface area contributed by atoms with Crippen LogP contribution in [0.25, 0.3) is 11.5 Å². The van der Waals surface area contributed by atoms with E-state index < -0.39 is 17.6 Å². The first-order valence-electron chi connectivity index (χ1n) is 5.20. The van der Waals surface area contributed by atoms with Crippen LogP contribution in [0.3, 0.4) is 0 Å². The molecule has 1 heterocycles. The molecule has 2 aromatic rings. The minimum Gasteiger partial charge on any atom is -0.461 e. The largest absolute Gasteiger partial charge is 0.461 e. The summed E-state index contributed by atoms with van der Waals surface area (Å²) < 4.78 is 36.1. The lowest BCUT2D eigenvalue weighted by atomic mass is 10.2. The maximum atomic E-state index is 13.4. The summed E-state index contributed by atoms with van der Waals surface area (Å²) in [6.07, 6.45) is 1.04. The average Bonchev–Trinajstić information content (AvgIpc) is 2.82. The number of ether oxygens (including phenoxy) is 1. The van der Waals surface area contributed by atoms with E-state index in [1.165, 1.54) is 0 Å². The molecule has 2 rings (SSSR count). The van der Waals surface area contributed by atoms with Gasteiger partial charge in [0.2, 0.25) is 5.89 Å². The molecule has 0 radical (unpaired) electrons. The molecule has 0 unspecified atom stereocenters. The molecule has 0 atom stereocenters. The van der Waals surface area contributed by atoms with Crippen molar-refractivity contribution >= 4 is 5.97 Å². The molecule has 0 N–H and O–H groups in total. The third kappa shape index (κ3) is 2.37. The quantitative estimate of drug-likeness (QED) is 0.789. The highest BCUT2D eigenvalue weighted by molar-refractivity contribution is 5.87. The minimum atomic E-state index is -0.686. The summed E-state index contributed by atoms with van der Waals surface area (Å²) >= 11 is 0. The van der Waals surface area contributed by atoms with Gasteiger partial charge in [0.05, 0.1) is 12.2 Å². The van der Waals surface area contributed by atoms with Crippen LogP contribution in [0.15, 0.2) is 28.9 Å². The van der Waals surface area contributed by atoms with Crippen molar-refractivity contribution in [2.75, 3.05) is 6.61 Å². The lowest BCUT2D eigenvalue weighted by molar-refractivity contribution is 0.0519. The van der Waals surface area contributed by atoms with Gasteiger partial charge in [-0.2, -0.15) is 0 Å². The molecular weight excluding hydrogens is 244 g/mol. The van der Waals surface area contributed by atoms with Crippen LogP contribution in [0.1, 0.15) is 17.4 Å². The van der Waals surface area contributed by atoms with Crippen LogP contribution in [0.5, 0.6) is 0 Å². The Labute approximate surface area is 101 Å². The SMILES string of the molecule is CCOC(=O)c1coc(-c2cc(F)ccc2F)n1. The zero-order chi connectivity index (χ0) is 13.1. The van der Waals surface area contributed by atoms with Gasteiger partial charge in [0.1, 0.15) is 17.9 Å². The number of hydrogen-bond donors (Lipinski definition) is 0. The summed E-state index contributed by atoms with van der Waals surface area (Å²) in [4.78, 5) is 15.1. The standard InChI is InChI=1S/C12H9F2NO3/c1-2-17-12(16)10-6-18-11(15-10)8-5-7(13)3-4-9(8)14/h3-6H,2H2,1H3. The third-order valence-electron chi connectivity index (χ3n) is 2.15. The van der Waals surface area contributed by atoms with Crippen molar-refractivity contribution in [1.29, 1.82) is 0 Å². The van der Waals surface area contributed by atoms with Gasteiger partial charge in [-0.15, -0.1) is 0 Å². The van der Waals surface area contributed by atoms with Crippen molar-refractivity contribution in [2.45, 2.75) is 6.92 Å². The van der Waals surface area contributed by atoms with E-state index in [1.54, 1.807) is 6.92 Å². The van der Waals surface area contributed by atoms with Gasteiger partial charge in [0, 0.05) is 0 Å². The first-order valence-corrected chi connectivity index (χ1v) is 5.20. The number of rotatable bonds is 3. The van der Waals surface area contributed by atoms with E-state index in [9.17, 15) is 13.6 Å². The number of hydrogen-bond acceptors (Lipinski definition) is 4. The van der Waals surface area contributed by atoms with Crippen molar-refractivity contribution in [1.82, 2.24) is 4.98 Å². The maximum absolute atomic E-state index is 13.4. The lowest BCUT2D eigenvalue weighted by Crippen LogP contribution is -2.04. The fraction of sp³-hybridized carbons (Fsp3) is 0.167. The molecule has 0 saturated heterocycles. The third-order valence-corrected chi connectivity index (χ3v) is 2.15. The lowest BCUT2D eigenvalue weighted by Gasteiger charge is -1.98. The molecule has 6 heteroatoms. The fourth-order valence-corrected chi connectivity index (χ4v) is 1.36. The molecular formula is C12H9F2NO3. The highest BCUT2D eigenvalue weighted by Gasteiger charge is 2.17. The van der Waals surface area contributed by atoms with Crippen LogP contribution in [0.4, 0.5) is 8.78 Å². The number of halogens is 2. The molecule has 0 spiro atoms. The topological polar surface area (TPSA) is 52.3 Å². The highest BCUT2D eigenvalue weighted by Crippen LogP contribution is 2.23. The Balaban J connectivity index is 2.35. The molecule has 0 aliphatic heterocycles. The van der Waals surface area contributed by atoms with Gasteiger partial charge in [-0.05, 0) is 25.1 Å². The first kappa shape index (κ1) is 12.2. The van der Waals surface area contributed by atoms with Gasteiger partial charge in [-0.3, -0.25) is 0 Å². The Morgan fingerprint density at radius 2 is 2.22 bits per heavy atom. The molecule has 0 saturated carbocycles. The number of carbonyl (C=O) groups excluding carboxylic acids is 1. The number of oxazole rings is 1. The second-order valence-electron chi connectivity index (χ2n) is 3.38. The van der Waals surface area contributed by atoms with E-state index in [4.69, 9.17) is 9.15 Å². The minimum absolute atomic E-state index is 0.0875. The van der Waals surface area contributed by atoms with Crippen molar-refractivity contribution in [3.05, 3.63) is 41.8 Å². The number of benzene rings is 1. The van der Waals surface area contributed by atoms with Crippen LogP contribution >= 0.6 is 0 Å². The van der Waals surface area contributed by atoms with Gasteiger partial charge in [0.25, 0.3) is 0 Å². The Morgan fingerprint density at radius 1 is 1.44 bits per heavy atom. The average molecular weight is 253 g/mol. The van der Waals surface area contributed by atoms with Gasteiger partial charge >= 0.3 is 5.97 Å². The first-order chi connectivity index (χ1) is 8.61. The zero-order valence-electron chi connectivity index (χ0n) is 9.44. The summed E-state index contributed by atoms with van der Waals surface area (Å²) in [5.74, 6) is -2.16. The van der Waals surface area contributed by atoms with Gasteiger partial charge < -0.3 is 9.15 Å². The Bertz CT molecular complexity index is 580. The van der Waals surface area contributed by atoms with E-state index in [1.807, 2.05) is 0 Å². The van der Waals surface area contributed by atoms with E-state index in [0.717, 1.165) is 24.5 Å². The molecule has 0 aliphatic rings. The second-order valence-corrected chi connectivity index (χ2v) is 3.38. The molecule has 0 amide bonds. The molecule has 0 bridgehead atoms. The molecule has 18 heavy (non-hydrogen) atoms. The summed E-state index contributed by atoms with van der Waals surface area (Å²) in [5, 5.41) is 0. The van der Waals surface area contributed by atoms with Crippen LogP contribution < -0.4 is 0 Å². The van der Waals surface area contributed by atoms with Crippen molar-refractivity contribution < 1.29 is 22.7 Å². The van der Waals surface area contributed by atoms with Crippen LogP contribution in [0, 0.1) is 11.6 Å². The summed E-state index contributed by atoms with van der Waals surface area (Å²) in [6, 6.07) is 2.88. The number of aromatic nitrogens is 1. The highest BCUT2D eigenvalue weighted by atomic mass is 19.1. The van der Waals surface area contributed by atoms with Crippen LogP contribution in [-0.2, 0) is 4.74 Å². The molecule has 94 valence electrons. The number of esters is 1. The maximum Gasteiger partial charge on any atom is 0.360 e.